The first kappa shape index (κ1) is 22.2. The van der Waals surface area contributed by atoms with Gasteiger partial charge in [0.05, 0.1) is 21.8 Å². The van der Waals surface area contributed by atoms with Crippen molar-refractivity contribution in [2.45, 2.75) is 4.90 Å². The van der Waals surface area contributed by atoms with Gasteiger partial charge < -0.3 is 24.5 Å². The number of fused-ring (bicyclic) bond motifs is 3. The number of nitrogens with one attached hydrogen (secondary N) is 1. The molecule has 8 nitrogen and oxygen atoms in total. The maximum Gasteiger partial charge on any atom is 0.337 e. The monoisotopic (exact) mass is 474 g/mol. The summed E-state index contributed by atoms with van der Waals surface area (Å²) in [6.07, 6.45) is 3.53. The fourth-order valence-corrected chi connectivity index (χ4v) is 5.27. The number of anilines is 4. The van der Waals surface area contributed by atoms with Gasteiger partial charge >= 0.3 is 5.97 Å². The molecule has 174 valence electrons. The first-order valence-electron chi connectivity index (χ1n) is 11.1. The number of carbonyl (C=O) groups is 1. The van der Waals surface area contributed by atoms with Gasteiger partial charge in [0.25, 0.3) is 0 Å². The van der Waals surface area contributed by atoms with Gasteiger partial charge in [0.15, 0.2) is 0 Å². The minimum Gasteiger partial charge on any atom is -0.478 e. The Labute approximate surface area is 203 Å². The van der Waals surface area contributed by atoms with Crippen LogP contribution in [0.3, 0.4) is 0 Å². The molecular formula is C25H26N6O2S. The Hall–Kier alpha value is -3.56. The zero-order chi connectivity index (χ0) is 23.7. The normalized spacial score (nSPS) is 15.4. The summed E-state index contributed by atoms with van der Waals surface area (Å²) in [5.41, 5.74) is 4.47. The summed E-state index contributed by atoms with van der Waals surface area (Å²) >= 11 is 1.43. The lowest BCUT2D eigenvalue weighted by molar-refractivity contribution is 0.0698. The molecule has 9 heteroatoms. The molecule has 3 heterocycles. The van der Waals surface area contributed by atoms with Gasteiger partial charge in [-0.1, -0.05) is 18.2 Å². The predicted octanol–water partition coefficient (Wildman–Crippen LogP) is 4.35. The van der Waals surface area contributed by atoms with Crippen LogP contribution < -0.4 is 14.5 Å². The molecule has 2 aliphatic rings. The van der Waals surface area contributed by atoms with E-state index in [1.54, 1.807) is 24.4 Å². The third-order valence-electron chi connectivity index (χ3n) is 6.02. The van der Waals surface area contributed by atoms with Gasteiger partial charge in [-0.3, -0.25) is 0 Å². The number of hydrogen-bond donors (Lipinski definition) is 2. The van der Waals surface area contributed by atoms with Gasteiger partial charge in [-0.2, -0.15) is 0 Å². The zero-order valence-corrected chi connectivity index (χ0v) is 19.8. The molecule has 0 aliphatic carbocycles. The largest absolute Gasteiger partial charge is 0.478 e. The number of likely N-dealkylation sites (N-methyl/N-ethyl adjacent to an activating group) is 1. The minimum absolute atomic E-state index is 0.241. The van der Waals surface area contributed by atoms with Gasteiger partial charge in [-0.15, -0.1) is 6.58 Å². The van der Waals surface area contributed by atoms with Crippen molar-refractivity contribution >= 4 is 40.9 Å². The van der Waals surface area contributed by atoms with Gasteiger partial charge in [0.1, 0.15) is 0 Å². The van der Waals surface area contributed by atoms with Crippen molar-refractivity contribution in [2.24, 2.45) is 0 Å². The molecule has 0 unspecified atom stereocenters. The van der Waals surface area contributed by atoms with Gasteiger partial charge in [-0.05, 0) is 49.3 Å². The van der Waals surface area contributed by atoms with E-state index in [1.165, 1.54) is 17.6 Å². The summed E-state index contributed by atoms with van der Waals surface area (Å²) in [5, 5.41) is 13.0. The number of hydrogen-bond acceptors (Lipinski definition) is 8. The number of aromatic nitrogens is 2. The Morgan fingerprint density at radius 3 is 2.65 bits per heavy atom. The maximum absolute atomic E-state index is 11.9. The molecule has 0 bridgehead atoms. The number of piperazine rings is 1. The lowest BCUT2D eigenvalue weighted by Gasteiger charge is -2.34. The summed E-state index contributed by atoms with van der Waals surface area (Å²) in [4.78, 5) is 26.8. The molecule has 5 rings (SSSR count). The van der Waals surface area contributed by atoms with Crippen molar-refractivity contribution < 1.29 is 9.90 Å². The summed E-state index contributed by atoms with van der Waals surface area (Å²) in [7, 11) is 2.15. The van der Waals surface area contributed by atoms with Crippen molar-refractivity contribution in [3.05, 3.63) is 66.9 Å². The van der Waals surface area contributed by atoms with Gasteiger partial charge in [0.2, 0.25) is 5.95 Å². The molecule has 0 atom stereocenters. The van der Waals surface area contributed by atoms with Crippen LogP contribution in [0, 0.1) is 0 Å². The van der Waals surface area contributed by atoms with Crippen LogP contribution in [0.15, 0.2) is 66.2 Å². The molecule has 1 saturated heterocycles. The van der Waals surface area contributed by atoms with Crippen LogP contribution in [0.25, 0.3) is 11.3 Å². The summed E-state index contributed by atoms with van der Waals surface area (Å²) in [6, 6.07) is 13.6. The molecule has 2 aliphatic heterocycles. The number of benzene rings is 2. The Balaban J connectivity index is 1.41. The maximum atomic E-state index is 11.9. The highest BCUT2D eigenvalue weighted by Crippen LogP contribution is 2.47. The molecule has 0 amide bonds. The highest BCUT2D eigenvalue weighted by Gasteiger charge is 2.29. The molecule has 1 aromatic heterocycles. The van der Waals surface area contributed by atoms with Crippen LogP contribution in [0.5, 0.6) is 0 Å². The molecule has 0 saturated carbocycles. The number of carboxylic acids is 1. The van der Waals surface area contributed by atoms with E-state index >= 15 is 0 Å². The SMILES string of the molecule is C=CCN1Sc2cnc(Nc3ccc(N4CCN(C)CC4)cc3)nc2-c2cccc(C(=O)O)c21. The van der Waals surface area contributed by atoms with E-state index in [9.17, 15) is 9.90 Å². The third-order valence-corrected chi connectivity index (χ3v) is 7.07. The van der Waals surface area contributed by atoms with Crippen LogP contribution in [0.4, 0.5) is 23.0 Å². The predicted molar refractivity (Wildman–Crippen MR) is 137 cm³/mol. The molecule has 2 N–H and O–H groups in total. The lowest BCUT2D eigenvalue weighted by Crippen LogP contribution is -2.44. The zero-order valence-electron chi connectivity index (χ0n) is 18.9. The van der Waals surface area contributed by atoms with Gasteiger partial charge in [0, 0.05) is 55.9 Å². The van der Waals surface area contributed by atoms with Crippen LogP contribution in [0.1, 0.15) is 10.4 Å². The quantitative estimate of drug-likeness (QED) is 0.400. The molecule has 0 radical (unpaired) electrons. The van der Waals surface area contributed by atoms with Gasteiger partial charge in [-0.25, -0.2) is 14.8 Å². The lowest BCUT2D eigenvalue weighted by atomic mass is 10.0. The highest BCUT2D eigenvalue weighted by molar-refractivity contribution is 8.01. The Kier molecular flexibility index (Phi) is 6.12. The van der Waals surface area contributed by atoms with Crippen LogP contribution in [-0.2, 0) is 0 Å². The topological polar surface area (TPSA) is 84.8 Å². The fourth-order valence-electron chi connectivity index (χ4n) is 4.23. The smallest absolute Gasteiger partial charge is 0.337 e. The summed E-state index contributed by atoms with van der Waals surface area (Å²) < 4.78 is 1.92. The van der Waals surface area contributed by atoms with E-state index in [4.69, 9.17) is 4.98 Å². The van der Waals surface area contributed by atoms with E-state index in [-0.39, 0.29) is 5.56 Å². The van der Waals surface area contributed by atoms with E-state index in [1.807, 2.05) is 22.5 Å². The Morgan fingerprint density at radius 2 is 1.94 bits per heavy atom. The van der Waals surface area contributed by atoms with Crippen molar-refractivity contribution in [1.29, 1.82) is 0 Å². The van der Waals surface area contributed by atoms with Crippen molar-refractivity contribution in [3.8, 4) is 11.3 Å². The van der Waals surface area contributed by atoms with E-state index in [2.05, 4.69) is 45.9 Å². The first-order valence-corrected chi connectivity index (χ1v) is 11.9. The number of para-hydroxylation sites is 1. The molecular weight excluding hydrogens is 448 g/mol. The highest BCUT2D eigenvalue weighted by atomic mass is 32.2. The summed E-state index contributed by atoms with van der Waals surface area (Å²) in [5.74, 6) is -0.502. The molecule has 34 heavy (non-hydrogen) atoms. The molecule has 0 spiro atoms. The van der Waals surface area contributed by atoms with E-state index < -0.39 is 5.97 Å². The second-order valence-corrected chi connectivity index (χ2v) is 9.38. The summed E-state index contributed by atoms with van der Waals surface area (Å²) in [6.45, 7) is 8.49. The number of rotatable bonds is 6. The average molecular weight is 475 g/mol. The number of carboxylic acid groups (broad SMARTS) is 1. The third kappa shape index (κ3) is 4.32. The Morgan fingerprint density at radius 1 is 1.18 bits per heavy atom. The molecule has 3 aromatic rings. The average Bonchev–Trinajstić information content (AvgIpc) is 2.85. The Bertz CT molecular complexity index is 1220. The van der Waals surface area contributed by atoms with E-state index in [0.717, 1.165) is 48.0 Å². The van der Waals surface area contributed by atoms with Crippen molar-refractivity contribution in [2.75, 3.05) is 54.3 Å². The van der Waals surface area contributed by atoms with Crippen LogP contribution in [-0.4, -0.2) is 65.7 Å². The van der Waals surface area contributed by atoms with Crippen LogP contribution in [0.2, 0.25) is 0 Å². The molecule has 2 aromatic carbocycles. The molecule has 1 fully saturated rings. The fraction of sp³-hybridized carbons (Fsp3) is 0.240. The van der Waals surface area contributed by atoms with Crippen molar-refractivity contribution in [1.82, 2.24) is 14.9 Å². The number of aromatic carboxylic acids is 1. The first-order chi connectivity index (χ1) is 16.5. The van der Waals surface area contributed by atoms with Crippen LogP contribution >= 0.6 is 11.9 Å². The van der Waals surface area contributed by atoms with Crippen molar-refractivity contribution in [3.63, 3.8) is 0 Å². The number of nitrogens with zero attached hydrogens (tertiary/aromatic N) is 5. The standard InChI is InChI=1S/C25H26N6O2S/c1-3-11-31-23-19(5-4-6-20(23)24(32)33)22-21(34-31)16-26-25(28-22)27-17-7-9-18(10-8-17)30-14-12-29(2)13-15-30/h3-10,16H,1,11-15H2,2H3,(H,32,33)(H,26,27,28). The minimum atomic E-state index is -0.970. The second-order valence-electron chi connectivity index (χ2n) is 8.32. The van der Waals surface area contributed by atoms with E-state index in [0.29, 0.717) is 18.2 Å². The second kappa shape index (κ2) is 9.36.